The van der Waals surface area contributed by atoms with Crippen molar-refractivity contribution in [3.63, 3.8) is 0 Å². The number of anilines is 1. The molecule has 1 atom stereocenters. The topological polar surface area (TPSA) is 81.4 Å². The molecule has 2 aliphatic rings. The van der Waals surface area contributed by atoms with Crippen molar-refractivity contribution in [3.8, 4) is 5.75 Å². The number of nitrogens with zero attached hydrogens (tertiary/aromatic N) is 4. The lowest BCUT2D eigenvalue weighted by Crippen LogP contribution is -2.56. The van der Waals surface area contributed by atoms with Gasteiger partial charge in [0.25, 0.3) is 5.92 Å². The Bertz CT molecular complexity index is 1030. The minimum absolute atomic E-state index is 0.0174. The fourth-order valence-electron chi connectivity index (χ4n) is 3.97. The Kier molecular flexibility index (Phi) is 5.81. The van der Waals surface area contributed by atoms with Crippen LogP contribution in [0.5, 0.6) is 5.75 Å². The van der Waals surface area contributed by atoms with Crippen LogP contribution in [0, 0.1) is 12.8 Å². The summed E-state index contributed by atoms with van der Waals surface area (Å²) in [7, 11) is 0. The highest BCUT2D eigenvalue weighted by atomic mass is 19.4. The first kappa shape index (κ1) is 23.4. The average Bonchev–Trinajstić information content (AvgIpc) is 3.39. The number of ketones is 1. The third kappa shape index (κ3) is 5.59. The van der Waals surface area contributed by atoms with Gasteiger partial charge < -0.3 is 14.2 Å². The zero-order chi connectivity index (χ0) is 24.0. The third-order valence-electron chi connectivity index (χ3n) is 5.76. The number of aromatic nitrogens is 3. The van der Waals surface area contributed by atoms with E-state index in [2.05, 4.69) is 15.1 Å². The van der Waals surface area contributed by atoms with Crippen molar-refractivity contribution in [1.29, 1.82) is 0 Å². The monoisotopic (exact) mass is 474 g/mol. The van der Waals surface area contributed by atoms with Gasteiger partial charge in [-0.2, -0.15) is 18.2 Å². The van der Waals surface area contributed by atoms with Crippen LogP contribution < -0.4 is 9.64 Å². The second-order valence-corrected chi connectivity index (χ2v) is 9.10. The van der Waals surface area contributed by atoms with Crippen molar-refractivity contribution in [2.24, 2.45) is 5.92 Å². The molecule has 3 heterocycles. The van der Waals surface area contributed by atoms with Crippen LogP contribution in [0.1, 0.15) is 54.8 Å². The highest BCUT2D eigenvalue weighted by Gasteiger charge is 2.45. The lowest BCUT2D eigenvalue weighted by Gasteiger charge is -2.40. The summed E-state index contributed by atoms with van der Waals surface area (Å²) >= 11 is 0. The molecular weight excluding hydrogens is 451 g/mol. The number of carbonyl (C=O) groups is 1. The number of alkyl halides is 5. The molecule has 33 heavy (non-hydrogen) atoms. The van der Waals surface area contributed by atoms with Crippen LogP contribution in [0.4, 0.5) is 27.6 Å². The maximum absolute atomic E-state index is 13.3. The molecule has 0 bridgehead atoms. The lowest BCUT2D eigenvalue weighted by molar-refractivity contribution is -0.153. The number of ether oxygens (including phenoxy) is 1. The van der Waals surface area contributed by atoms with E-state index in [-0.39, 0.29) is 23.6 Å². The number of halogens is 5. The Balaban J connectivity index is 1.58. The average molecular weight is 474 g/mol. The summed E-state index contributed by atoms with van der Waals surface area (Å²) in [6.45, 7) is 0.524. The molecule has 180 valence electrons. The Labute approximate surface area is 186 Å². The predicted octanol–water partition coefficient (Wildman–Crippen LogP) is 4.50. The molecule has 2 fully saturated rings. The number of rotatable bonds is 9. The van der Waals surface area contributed by atoms with Crippen molar-refractivity contribution in [2.45, 2.75) is 57.0 Å². The van der Waals surface area contributed by atoms with Crippen LogP contribution in [0.2, 0.25) is 0 Å². The fourth-order valence-corrected chi connectivity index (χ4v) is 3.97. The fraction of sp³-hybridized carbons (Fsp3) is 0.619. The molecule has 12 heteroatoms. The molecule has 0 aromatic carbocycles. The minimum Gasteiger partial charge on any atom is -0.482 e. The summed E-state index contributed by atoms with van der Waals surface area (Å²) in [5, 5.41) is 3.97. The molecule has 0 spiro atoms. The van der Waals surface area contributed by atoms with E-state index in [0.717, 1.165) is 30.0 Å². The molecule has 0 N–H and O–H groups in total. The normalized spacial score (nSPS) is 19.7. The van der Waals surface area contributed by atoms with Gasteiger partial charge >= 0.3 is 6.18 Å². The Morgan fingerprint density at radius 3 is 2.55 bits per heavy atom. The SMILES string of the molecule is Cc1nc(C(C)(CC(=O)c2cc(OCC(F)(F)F)c(N3CC(F)(F)C3)cn2)CC2CC2)no1. The highest BCUT2D eigenvalue weighted by molar-refractivity contribution is 5.96. The van der Waals surface area contributed by atoms with E-state index >= 15 is 0 Å². The van der Waals surface area contributed by atoms with E-state index < -0.39 is 43.0 Å². The molecule has 1 aliphatic heterocycles. The third-order valence-corrected chi connectivity index (χ3v) is 5.76. The number of pyridine rings is 1. The summed E-state index contributed by atoms with van der Waals surface area (Å²) in [6, 6.07) is 1.08. The summed E-state index contributed by atoms with van der Waals surface area (Å²) < 4.78 is 74.7. The van der Waals surface area contributed by atoms with Crippen molar-refractivity contribution in [1.82, 2.24) is 15.1 Å². The first-order valence-electron chi connectivity index (χ1n) is 10.5. The van der Waals surface area contributed by atoms with Crippen LogP contribution in [-0.4, -0.2) is 52.7 Å². The second-order valence-electron chi connectivity index (χ2n) is 9.10. The van der Waals surface area contributed by atoms with Crippen molar-refractivity contribution >= 4 is 11.5 Å². The summed E-state index contributed by atoms with van der Waals surface area (Å²) in [6.07, 6.45) is -0.869. The quantitative estimate of drug-likeness (QED) is 0.391. The molecular formula is C21H23F5N4O3. The number of hydrogen-bond donors (Lipinski definition) is 0. The molecule has 1 unspecified atom stereocenters. The number of Topliss-reactive ketones (excluding diaryl/α,β-unsaturated/α-hetero) is 1. The molecule has 2 aromatic heterocycles. The maximum atomic E-state index is 13.3. The zero-order valence-corrected chi connectivity index (χ0v) is 18.1. The molecule has 7 nitrogen and oxygen atoms in total. The smallest absolute Gasteiger partial charge is 0.422 e. The van der Waals surface area contributed by atoms with E-state index in [1.165, 1.54) is 0 Å². The van der Waals surface area contributed by atoms with Crippen LogP contribution in [0.25, 0.3) is 0 Å². The van der Waals surface area contributed by atoms with E-state index in [1.54, 1.807) is 6.92 Å². The second kappa shape index (κ2) is 8.21. The number of carbonyl (C=O) groups excluding carboxylic acids is 1. The van der Waals surface area contributed by atoms with Crippen LogP contribution in [0.15, 0.2) is 16.8 Å². The molecule has 1 saturated heterocycles. The van der Waals surface area contributed by atoms with E-state index in [9.17, 15) is 26.7 Å². The number of aryl methyl sites for hydroxylation is 1. The molecule has 0 amide bonds. The summed E-state index contributed by atoms with van der Waals surface area (Å²) in [5.74, 6) is -2.54. The highest BCUT2D eigenvalue weighted by Crippen LogP contribution is 2.44. The Morgan fingerprint density at radius 2 is 2.00 bits per heavy atom. The van der Waals surface area contributed by atoms with Gasteiger partial charge in [-0.3, -0.25) is 9.78 Å². The Morgan fingerprint density at radius 1 is 1.30 bits per heavy atom. The minimum atomic E-state index is -4.64. The van der Waals surface area contributed by atoms with Gasteiger partial charge in [0.1, 0.15) is 11.4 Å². The molecule has 0 radical (unpaired) electrons. The zero-order valence-electron chi connectivity index (χ0n) is 18.1. The van der Waals surface area contributed by atoms with Gasteiger partial charge in [0.15, 0.2) is 18.2 Å². The van der Waals surface area contributed by atoms with Gasteiger partial charge in [-0.1, -0.05) is 24.9 Å². The van der Waals surface area contributed by atoms with Gasteiger partial charge in [-0.15, -0.1) is 0 Å². The van der Waals surface area contributed by atoms with Crippen LogP contribution in [0.3, 0.4) is 0 Å². The summed E-state index contributed by atoms with van der Waals surface area (Å²) in [4.78, 5) is 22.6. The van der Waals surface area contributed by atoms with Crippen molar-refractivity contribution < 1.29 is 36.0 Å². The Hall–Kier alpha value is -2.79. The van der Waals surface area contributed by atoms with Crippen molar-refractivity contribution in [2.75, 3.05) is 24.6 Å². The standard InChI is InChI=1S/C21H23F5N4O3/c1-12-28-18(29-33-12)19(2,6-13-3-4-13)7-16(31)14-5-17(32-11-21(24,25)26)15(8-27-14)30-9-20(22,23)10-30/h5,8,13H,3-4,6-7,9-11H2,1-2H3. The van der Waals surface area contributed by atoms with Gasteiger partial charge in [0.2, 0.25) is 5.89 Å². The molecule has 4 rings (SSSR count). The first-order valence-corrected chi connectivity index (χ1v) is 10.5. The van der Waals surface area contributed by atoms with Gasteiger partial charge in [0.05, 0.1) is 25.0 Å². The van der Waals surface area contributed by atoms with Crippen LogP contribution in [-0.2, 0) is 5.41 Å². The maximum Gasteiger partial charge on any atom is 0.422 e. The van der Waals surface area contributed by atoms with Gasteiger partial charge in [-0.05, 0) is 12.3 Å². The molecule has 2 aromatic rings. The van der Waals surface area contributed by atoms with E-state index in [0.29, 0.717) is 24.1 Å². The predicted molar refractivity (Wildman–Crippen MR) is 106 cm³/mol. The molecule has 1 aliphatic carbocycles. The van der Waals surface area contributed by atoms with Crippen molar-refractivity contribution in [3.05, 3.63) is 29.7 Å². The first-order chi connectivity index (χ1) is 15.3. The molecule has 1 saturated carbocycles. The number of hydrogen-bond acceptors (Lipinski definition) is 7. The van der Waals surface area contributed by atoms with Gasteiger partial charge in [-0.25, -0.2) is 8.78 Å². The lowest BCUT2D eigenvalue weighted by atomic mass is 9.78. The van der Waals surface area contributed by atoms with Gasteiger partial charge in [0, 0.05) is 24.8 Å². The van der Waals surface area contributed by atoms with Crippen LogP contribution >= 0.6 is 0 Å². The van der Waals surface area contributed by atoms with E-state index in [1.807, 2.05) is 6.92 Å². The largest absolute Gasteiger partial charge is 0.482 e. The summed E-state index contributed by atoms with van der Waals surface area (Å²) in [5.41, 5.74) is -0.884. The van der Waals surface area contributed by atoms with E-state index in [4.69, 9.17) is 9.26 Å².